The molecule has 1 rings (SSSR count). The van der Waals surface area contributed by atoms with Gasteiger partial charge in [-0.15, -0.1) is 6.42 Å². The van der Waals surface area contributed by atoms with Crippen molar-refractivity contribution in [1.82, 2.24) is 0 Å². The van der Waals surface area contributed by atoms with Crippen LogP contribution in [0.1, 0.15) is 33.6 Å². The lowest BCUT2D eigenvalue weighted by molar-refractivity contribution is -0.270. The number of carbonyl (C=O) groups is 1. The van der Waals surface area contributed by atoms with E-state index in [1.165, 1.54) is 6.92 Å². The molecule has 0 aliphatic carbocycles. The summed E-state index contributed by atoms with van der Waals surface area (Å²) in [4.78, 5) is 11.9. The van der Waals surface area contributed by atoms with Gasteiger partial charge in [-0.05, 0) is 13.0 Å². The first-order chi connectivity index (χ1) is 8.05. The zero-order valence-electron chi connectivity index (χ0n) is 10.5. The first kappa shape index (κ1) is 13.8. The molecule has 0 radical (unpaired) electrons. The molecule has 0 aromatic heterocycles. The van der Waals surface area contributed by atoms with Crippen molar-refractivity contribution < 1.29 is 19.0 Å². The molecule has 1 unspecified atom stereocenters. The maximum Gasteiger partial charge on any atom is 0.371 e. The van der Waals surface area contributed by atoms with Crippen LogP contribution in [0.4, 0.5) is 0 Å². The normalized spacial score (nSPS) is 29.5. The van der Waals surface area contributed by atoms with Crippen LogP contribution in [0, 0.1) is 12.3 Å². The molecule has 1 aliphatic rings. The van der Waals surface area contributed by atoms with Crippen molar-refractivity contribution in [3.05, 3.63) is 11.8 Å². The predicted molar refractivity (Wildman–Crippen MR) is 62.8 cm³/mol. The molecular weight excluding hydrogens is 220 g/mol. The highest BCUT2D eigenvalue weighted by Gasteiger charge is 2.42. The molecule has 17 heavy (non-hydrogen) atoms. The van der Waals surface area contributed by atoms with E-state index < -0.39 is 17.9 Å². The van der Waals surface area contributed by atoms with Gasteiger partial charge in [-0.2, -0.15) is 0 Å². The van der Waals surface area contributed by atoms with Crippen LogP contribution in [0.25, 0.3) is 0 Å². The number of esters is 1. The molecule has 94 valence electrons. The molecule has 0 aromatic rings. The summed E-state index contributed by atoms with van der Waals surface area (Å²) in [5.41, 5.74) is 0. The number of hydrogen-bond donors (Lipinski definition) is 0. The Balaban J connectivity index is 2.70. The van der Waals surface area contributed by atoms with E-state index in [0.29, 0.717) is 25.2 Å². The van der Waals surface area contributed by atoms with Crippen molar-refractivity contribution in [1.29, 1.82) is 0 Å². The maximum atomic E-state index is 11.9. The van der Waals surface area contributed by atoms with Gasteiger partial charge < -0.3 is 14.2 Å². The van der Waals surface area contributed by atoms with E-state index in [-0.39, 0.29) is 0 Å². The Morgan fingerprint density at radius 3 is 2.94 bits per heavy atom. The summed E-state index contributed by atoms with van der Waals surface area (Å²) in [7, 11) is 0. The van der Waals surface area contributed by atoms with Crippen LogP contribution in [0.3, 0.4) is 0 Å². The van der Waals surface area contributed by atoms with E-state index in [0.717, 1.165) is 0 Å². The molecule has 1 fully saturated rings. The SMILES string of the molecule is C#C[C@@H]1CCOC(C)(C(=O)O/C(=C/C)CC)O1. The number of allylic oxidation sites excluding steroid dienone is 2. The Morgan fingerprint density at radius 1 is 1.71 bits per heavy atom. The van der Waals surface area contributed by atoms with Crippen molar-refractivity contribution in [3.8, 4) is 12.3 Å². The summed E-state index contributed by atoms with van der Waals surface area (Å²) in [6, 6.07) is 0. The van der Waals surface area contributed by atoms with Gasteiger partial charge in [0, 0.05) is 19.8 Å². The summed E-state index contributed by atoms with van der Waals surface area (Å²) >= 11 is 0. The fourth-order valence-electron chi connectivity index (χ4n) is 1.50. The van der Waals surface area contributed by atoms with Gasteiger partial charge in [0.1, 0.15) is 11.9 Å². The minimum Gasteiger partial charge on any atom is -0.427 e. The van der Waals surface area contributed by atoms with E-state index in [1.54, 1.807) is 13.0 Å². The average molecular weight is 238 g/mol. The second kappa shape index (κ2) is 5.85. The highest BCUT2D eigenvalue weighted by molar-refractivity contribution is 5.78. The van der Waals surface area contributed by atoms with Gasteiger partial charge in [-0.3, -0.25) is 0 Å². The summed E-state index contributed by atoms with van der Waals surface area (Å²) in [6.45, 7) is 5.62. The van der Waals surface area contributed by atoms with Gasteiger partial charge in [0.15, 0.2) is 0 Å². The lowest BCUT2D eigenvalue weighted by Gasteiger charge is -2.34. The van der Waals surface area contributed by atoms with Crippen LogP contribution in [-0.2, 0) is 19.0 Å². The number of terminal acetylenes is 1. The number of hydrogen-bond acceptors (Lipinski definition) is 4. The van der Waals surface area contributed by atoms with Crippen LogP contribution in [0.5, 0.6) is 0 Å². The lowest BCUT2D eigenvalue weighted by atomic mass is 10.2. The molecule has 4 nitrogen and oxygen atoms in total. The zero-order chi connectivity index (χ0) is 12.9. The van der Waals surface area contributed by atoms with E-state index in [1.807, 2.05) is 6.92 Å². The van der Waals surface area contributed by atoms with Crippen molar-refractivity contribution >= 4 is 5.97 Å². The summed E-state index contributed by atoms with van der Waals surface area (Å²) in [5.74, 6) is 1.09. The van der Waals surface area contributed by atoms with Gasteiger partial charge >= 0.3 is 5.97 Å². The fourth-order valence-corrected chi connectivity index (χ4v) is 1.50. The molecule has 2 atom stereocenters. The van der Waals surface area contributed by atoms with Crippen molar-refractivity contribution in [2.75, 3.05) is 6.61 Å². The average Bonchev–Trinajstić information content (AvgIpc) is 2.35. The van der Waals surface area contributed by atoms with E-state index in [4.69, 9.17) is 20.6 Å². The minimum absolute atomic E-state index is 0.387. The van der Waals surface area contributed by atoms with Gasteiger partial charge in [-0.25, -0.2) is 4.79 Å². The Kier molecular flexibility index (Phi) is 4.73. The molecule has 0 spiro atoms. The molecule has 0 aromatic carbocycles. The third-order valence-electron chi connectivity index (χ3n) is 2.58. The Morgan fingerprint density at radius 2 is 2.41 bits per heavy atom. The molecular formula is C13H18O4. The van der Waals surface area contributed by atoms with Crippen molar-refractivity contribution in [3.63, 3.8) is 0 Å². The summed E-state index contributed by atoms with van der Waals surface area (Å²) in [6.07, 6.45) is 7.84. The highest BCUT2D eigenvalue weighted by Crippen LogP contribution is 2.25. The maximum absolute atomic E-state index is 11.9. The molecule has 4 heteroatoms. The number of ether oxygens (including phenoxy) is 3. The smallest absolute Gasteiger partial charge is 0.371 e. The van der Waals surface area contributed by atoms with Crippen molar-refractivity contribution in [2.24, 2.45) is 0 Å². The van der Waals surface area contributed by atoms with Gasteiger partial charge in [0.05, 0.1) is 6.61 Å². The van der Waals surface area contributed by atoms with Crippen LogP contribution < -0.4 is 0 Å². The van der Waals surface area contributed by atoms with Crippen LogP contribution in [0.15, 0.2) is 11.8 Å². The molecule has 0 saturated carbocycles. The zero-order valence-corrected chi connectivity index (χ0v) is 10.5. The molecule has 1 saturated heterocycles. The first-order valence-corrected chi connectivity index (χ1v) is 5.71. The third-order valence-corrected chi connectivity index (χ3v) is 2.58. The quantitative estimate of drug-likeness (QED) is 0.428. The predicted octanol–water partition coefficient (Wildman–Crippen LogP) is 2.00. The number of rotatable bonds is 3. The van der Waals surface area contributed by atoms with Crippen LogP contribution >= 0.6 is 0 Å². The molecule has 0 bridgehead atoms. The van der Waals surface area contributed by atoms with Crippen molar-refractivity contribution in [2.45, 2.75) is 45.5 Å². The Bertz CT molecular complexity index is 353. The third kappa shape index (κ3) is 3.32. The molecule has 0 N–H and O–H groups in total. The standard InChI is InChI=1S/C13H18O4/c1-5-10(6-2)16-12(14)13(4)15-9-8-11(7-3)17-13/h3,5,11H,6,8-9H2,1-2,4H3/b10-5+/t11-,13?/m1/s1. The molecule has 1 heterocycles. The second-order valence-electron chi connectivity index (χ2n) is 3.85. The lowest BCUT2D eigenvalue weighted by Crippen LogP contribution is -2.48. The molecule has 0 amide bonds. The monoisotopic (exact) mass is 238 g/mol. The Labute approximate surface area is 102 Å². The Hall–Kier alpha value is -1.31. The topological polar surface area (TPSA) is 44.8 Å². The summed E-state index contributed by atoms with van der Waals surface area (Å²) < 4.78 is 15.9. The fraction of sp³-hybridized carbons (Fsp3) is 0.615. The highest BCUT2D eigenvalue weighted by atomic mass is 16.7. The van der Waals surface area contributed by atoms with E-state index in [9.17, 15) is 4.79 Å². The molecule has 1 aliphatic heterocycles. The van der Waals surface area contributed by atoms with Gasteiger partial charge in [-0.1, -0.05) is 12.8 Å². The number of carbonyl (C=O) groups excluding carboxylic acids is 1. The second-order valence-corrected chi connectivity index (χ2v) is 3.85. The van der Waals surface area contributed by atoms with Crippen LogP contribution in [-0.4, -0.2) is 24.5 Å². The van der Waals surface area contributed by atoms with Crippen LogP contribution in [0.2, 0.25) is 0 Å². The minimum atomic E-state index is -1.40. The van der Waals surface area contributed by atoms with Gasteiger partial charge in [0.25, 0.3) is 5.79 Å². The van der Waals surface area contributed by atoms with E-state index in [2.05, 4.69) is 5.92 Å². The largest absolute Gasteiger partial charge is 0.427 e. The first-order valence-electron chi connectivity index (χ1n) is 5.71. The van der Waals surface area contributed by atoms with Gasteiger partial charge in [0.2, 0.25) is 0 Å². The van der Waals surface area contributed by atoms with E-state index >= 15 is 0 Å². The summed E-state index contributed by atoms with van der Waals surface area (Å²) in [5, 5.41) is 0.